The van der Waals surface area contributed by atoms with Crippen LogP contribution in [0.25, 0.3) is 32.9 Å². The average molecular weight is 842 g/mol. The molecule has 16 heteroatoms. The maximum absolute atomic E-state index is 17.8. The van der Waals surface area contributed by atoms with Crippen LogP contribution < -0.4 is 19.7 Å². The van der Waals surface area contributed by atoms with Gasteiger partial charge in [0.05, 0.1) is 37.8 Å². The molecule has 2 aromatic carbocycles. The Morgan fingerprint density at radius 1 is 1.02 bits per heavy atom. The Balaban J connectivity index is 1.18. The highest BCUT2D eigenvalue weighted by atomic mass is 19.3. The van der Waals surface area contributed by atoms with Crippen LogP contribution in [-0.4, -0.2) is 111 Å². The van der Waals surface area contributed by atoms with Crippen molar-refractivity contribution >= 4 is 45.4 Å². The third kappa shape index (κ3) is 7.70. The minimum absolute atomic E-state index is 0.0729. The van der Waals surface area contributed by atoms with E-state index in [1.807, 2.05) is 32.6 Å². The summed E-state index contributed by atoms with van der Waals surface area (Å²) < 4.78 is 69.8. The highest BCUT2D eigenvalue weighted by Gasteiger charge is 2.55. The maximum Gasteiger partial charge on any atom is 0.412 e. The second kappa shape index (κ2) is 14.3. The van der Waals surface area contributed by atoms with Crippen LogP contribution in [0.5, 0.6) is 11.9 Å². The summed E-state index contributed by atoms with van der Waals surface area (Å²) in [6.07, 6.45) is 7.26. The van der Waals surface area contributed by atoms with E-state index in [1.165, 1.54) is 0 Å². The van der Waals surface area contributed by atoms with Crippen molar-refractivity contribution in [3.8, 4) is 35.5 Å². The SMILES string of the molecule is C#Cc1cccc2cc(NC(=O)OC(C)(C)C)cc(-c3nc4c5c(nc(OCC6(CN7CC(F)(F)C7)CC6)nc5c3F)N3C[C@H]5CC[C@@H]([C@H]3[C@H](C)O4)N5C(=O)OC(C)(C)C)c12. The van der Waals surface area contributed by atoms with Gasteiger partial charge in [0.1, 0.15) is 39.7 Å². The molecule has 9 rings (SSSR count). The van der Waals surface area contributed by atoms with Crippen molar-refractivity contribution < 1.29 is 41.7 Å². The zero-order valence-electron chi connectivity index (χ0n) is 35.4. The predicted octanol–water partition coefficient (Wildman–Crippen LogP) is 8.16. The van der Waals surface area contributed by atoms with Crippen LogP contribution >= 0.6 is 0 Å². The zero-order chi connectivity index (χ0) is 43.4. The topological polar surface area (TPSA) is 131 Å². The molecule has 5 aliphatic rings. The Morgan fingerprint density at radius 3 is 2.43 bits per heavy atom. The van der Waals surface area contributed by atoms with E-state index in [2.05, 4.69) is 16.1 Å². The number of likely N-dealkylation sites (tertiary alicyclic amines) is 1. The fourth-order valence-corrected chi connectivity index (χ4v) is 9.43. The number of hydrogen-bond donors (Lipinski definition) is 1. The summed E-state index contributed by atoms with van der Waals surface area (Å²) >= 11 is 0. The number of fused-ring (bicyclic) bond motifs is 6. The lowest BCUT2D eigenvalue weighted by Gasteiger charge is -2.48. The minimum atomic E-state index is -2.69. The van der Waals surface area contributed by atoms with E-state index >= 15 is 4.39 Å². The molecule has 2 aromatic heterocycles. The summed E-state index contributed by atoms with van der Waals surface area (Å²) in [5, 5.41) is 4.14. The van der Waals surface area contributed by atoms with E-state index in [4.69, 9.17) is 40.3 Å². The second-order valence-electron chi connectivity index (χ2n) is 19.3. The molecule has 4 atom stereocenters. The van der Waals surface area contributed by atoms with Crippen molar-refractivity contribution in [1.82, 2.24) is 24.8 Å². The number of hydrogen-bond acceptors (Lipinski definition) is 11. The van der Waals surface area contributed by atoms with Gasteiger partial charge in [0.15, 0.2) is 5.82 Å². The number of carbonyl (C=O) groups excluding carboxylic acids is 2. The lowest BCUT2D eigenvalue weighted by molar-refractivity contribution is -0.137. The zero-order valence-corrected chi connectivity index (χ0v) is 35.4. The summed E-state index contributed by atoms with van der Waals surface area (Å²) in [4.78, 5) is 46.9. The molecule has 322 valence electrons. The first-order chi connectivity index (χ1) is 28.7. The molecule has 6 heterocycles. The lowest BCUT2D eigenvalue weighted by Crippen LogP contribution is -2.65. The molecular formula is C45H50F3N7O6. The van der Waals surface area contributed by atoms with Gasteiger partial charge in [0.2, 0.25) is 5.88 Å². The van der Waals surface area contributed by atoms with Gasteiger partial charge >= 0.3 is 18.2 Å². The molecule has 1 saturated carbocycles. The quantitative estimate of drug-likeness (QED) is 0.181. The van der Waals surface area contributed by atoms with Crippen molar-refractivity contribution in [2.24, 2.45) is 5.41 Å². The molecule has 2 bridgehead atoms. The number of amides is 2. The van der Waals surface area contributed by atoms with E-state index in [-0.39, 0.29) is 71.2 Å². The number of nitrogens with one attached hydrogen (secondary N) is 1. The van der Waals surface area contributed by atoms with Crippen LogP contribution in [-0.2, 0) is 9.47 Å². The minimum Gasteiger partial charge on any atom is -0.472 e. The van der Waals surface area contributed by atoms with Crippen molar-refractivity contribution in [1.29, 1.82) is 0 Å². The lowest BCUT2D eigenvalue weighted by atomic mass is 9.95. The molecule has 1 aliphatic carbocycles. The summed E-state index contributed by atoms with van der Waals surface area (Å²) in [7, 11) is 0. The van der Waals surface area contributed by atoms with E-state index in [1.54, 1.807) is 56.0 Å². The number of nitrogens with zero attached hydrogens (tertiary/aromatic N) is 6. The van der Waals surface area contributed by atoms with Crippen LogP contribution in [0.3, 0.4) is 0 Å². The Kier molecular flexibility index (Phi) is 9.54. The molecule has 2 amide bonds. The number of aromatic nitrogens is 3. The molecule has 4 aromatic rings. The number of terminal acetylenes is 1. The molecule has 0 radical (unpaired) electrons. The predicted molar refractivity (Wildman–Crippen MR) is 223 cm³/mol. The standard InChI is InChI=1S/C45H50F3N7O6/c1-9-25-11-10-12-26-17-27(49-40(56)60-42(3,4)5)18-29(31(25)26)34-33(46)35-32-37(52-39(51-35)58-23-44(15-16-44)20-53-21-45(47,48)22-53)54-19-28-13-14-30(36(54)24(2)59-38(32)50-34)55(28)41(57)61-43(6,7)8/h1,10-12,17-18,24,28,30,36H,13-16,19-23H2,2-8H3,(H,49,56)/t24-,28+,30-,36+/m0/s1. The van der Waals surface area contributed by atoms with E-state index in [0.717, 1.165) is 19.3 Å². The number of pyridine rings is 1. The number of alkyl halides is 2. The van der Waals surface area contributed by atoms with Crippen LogP contribution in [0.2, 0.25) is 0 Å². The highest BCUT2D eigenvalue weighted by molar-refractivity contribution is 6.06. The Hall–Kier alpha value is -5.56. The van der Waals surface area contributed by atoms with E-state index in [0.29, 0.717) is 47.4 Å². The normalized spacial score (nSPS) is 23.6. The Bertz CT molecular complexity index is 2500. The number of piperazine rings is 1. The highest BCUT2D eigenvalue weighted by Crippen LogP contribution is 2.50. The molecule has 3 saturated heterocycles. The first kappa shape index (κ1) is 40.8. The van der Waals surface area contributed by atoms with Crippen LogP contribution in [0, 0.1) is 23.6 Å². The number of benzene rings is 2. The fourth-order valence-electron chi connectivity index (χ4n) is 9.43. The van der Waals surface area contributed by atoms with Crippen LogP contribution in [0.4, 0.5) is 34.3 Å². The first-order valence-corrected chi connectivity index (χ1v) is 20.8. The number of ether oxygens (including phenoxy) is 4. The summed E-state index contributed by atoms with van der Waals surface area (Å²) in [6.45, 7) is 13.0. The van der Waals surface area contributed by atoms with Gasteiger partial charge in [-0.15, -0.1) is 6.42 Å². The number of anilines is 2. The third-order valence-electron chi connectivity index (χ3n) is 12.0. The van der Waals surface area contributed by atoms with Crippen molar-refractivity contribution in [2.75, 3.05) is 43.0 Å². The Labute approximate surface area is 352 Å². The summed E-state index contributed by atoms with van der Waals surface area (Å²) in [6, 6.07) is 7.53. The monoisotopic (exact) mass is 841 g/mol. The van der Waals surface area contributed by atoms with Gasteiger partial charge in [0, 0.05) is 40.7 Å². The van der Waals surface area contributed by atoms with E-state index in [9.17, 15) is 18.4 Å². The summed E-state index contributed by atoms with van der Waals surface area (Å²) in [5.74, 6) is -0.362. The molecule has 4 fully saturated rings. The van der Waals surface area contributed by atoms with Gasteiger partial charge in [0.25, 0.3) is 5.92 Å². The van der Waals surface area contributed by atoms with Crippen LogP contribution in [0.1, 0.15) is 79.7 Å². The number of rotatable bonds is 7. The van der Waals surface area contributed by atoms with Gasteiger partial charge < -0.3 is 23.8 Å². The average Bonchev–Trinajstić information content (AvgIpc) is 3.87. The van der Waals surface area contributed by atoms with Gasteiger partial charge in [-0.25, -0.2) is 27.7 Å². The first-order valence-electron chi connectivity index (χ1n) is 20.8. The van der Waals surface area contributed by atoms with Gasteiger partial charge in [-0.2, -0.15) is 9.97 Å². The molecule has 4 aliphatic heterocycles. The van der Waals surface area contributed by atoms with Crippen molar-refractivity contribution in [3.05, 3.63) is 41.7 Å². The van der Waals surface area contributed by atoms with Gasteiger partial charge in [-0.1, -0.05) is 18.1 Å². The van der Waals surface area contributed by atoms with Crippen molar-refractivity contribution in [2.45, 2.75) is 116 Å². The van der Waals surface area contributed by atoms with Gasteiger partial charge in [-0.05, 0) is 97.7 Å². The Morgan fingerprint density at radius 2 is 1.75 bits per heavy atom. The van der Waals surface area contributed by atoms with Crippen molar-refractivity contribution in [3.63, 3.8) is 0 Å². The molecule has 13 nitrogen and oxygen atoms in total. The molecule has 1 N–H and O–H groups in total. The molecule has 61 heavy (non-hydrogen) atoms. The largest absolute Gasteiger partial charge is 0.472 e. The fraction of sp³-hybridized carbons (Fsp3) is 0.533. The summed E-state index contributed by atoms with van der Waals surface area (Å²) in [5.41, 5.74) is -1.05. The molecule has 0 unspecified atom stereocenters. The number of carbonyl (C=O) groups is 2. The number of halogens is 3. The smallest absolute Gasteiger partial charge is 0.412 e. The van der Waals surface area contributed by atoms with E-state index < -0.39 is 47.3 Å². The van der Waals surface area contributed by atoms with Gasteiger partial charge in [-0.3, -0.25) is 15.1 Å². The second-order valence-corrected chi connectivity index (χ2v) is 19.3. The third-order valence-corrected chi connectivity index (χ3v) is 12.0. The molecular weight excluding hydrogens is 792 g/mol. The van der Waals surface area contributed by atoms with Crippen LogP contribution in [0.15, 0.2) is 30.3 Å². The maximum atomic E-state index is 17.8. The molecule has 0 spiro atoms.